The van der Waals surface area contributed by atoms with E-state index >= 15 is 0 Å². The quantitative estimate of drug-likeness (QED) is 0.903. The molecule has 2 aromatic rings. The van der Waals surface area contributed by atoms with Crippen molar-refractivity contribution < 1.29 is 19.4 Å². The van der Waals surface area contributed by atoms with Gasteiger partial charge in [-0.1, -0.05) is 0 Å². The minimum absolute atomic E-state index is 0.0269. The molecule has 2 atom stereocenters. The third kappa shape index (κ3) is 1.98. The number of nitrogens with zero attached hydrogens (tertiary/aromatic N) is 2. The number of hydrogen-bond acceptors (Lipinski definition) is 4. The lowest BCUT2D eigenvalue weighted by molar-refractivity contribution is 0.0691. The summed E-state index contributed by atoms with van der Waals surface area (Å²) in [7, 11) is 1.65. The van der Waals surface area contributed by atoms with Gasteiger partial charge in [-0.2, -0.15) is 0 Å². The van der Waals surface area contributed by atoms with Gasteiger partial charge < -0.3 is 19.1 Å². The van der Waals surface area contributed by atoms with Crippen molar-refractivity contribution in [3.63, 3.8) is 0 Å². The van der Waals surface area contributed by atoms with E-state index in [0.29, 0.717) is 13.2 Å². The average Bonchev–Trinajstić information content (AvgIpc) is 3.03. The van der Waals surface area contributed by atoms with E-state index in [1.165, 1.54) is 0 Å². The molecule has 2 heterocycles. The zero-order chi connectivity index (χ0) is 13.4. The zero-order valence-corrected chi connectivity index (χ0v) is 10.4. The molecule has 1 aliphatic rings. The lowest BCUT2D eigenvalue weighted by Gasteiger charge is -2.18. The van der Waals surface area contributed by atoms with Crippen LogP contribution in [-0.2, 0) is 9.47 Å². The van der Waals surface area contributed by atoms with Crippen LogP contribution in [0.25, 0.3) is 11.0 Å². The first-order chi connectivity index (χ1) is 9.20. The van der Waals surface area contributed by atoms with Crippen LogP contribution in [0, 0.1) is 0 Å². The van der Waals surface area contributed by atoms with Crippen molar-refractivity contribution in [3.05, 3.63) is 30.1 Å². The summed E-state index contributed by atoms with van der Waals surface area (Å²) >= 11 is 0. The first kappa shape index (κ1) is 12.1. The monoisotopic (exact) mass is 262 g/mol. The van der Waals surface area contributed by atoms with Crippen molar-refractivity contribution in [3.8, 4) is 0 Å². The molecule has 1 aliphatic heterocycles. The normalized spacial score (nSPS) is 23.0. The Bertz CT molecular complexity index is 622. The fourth-order valence-corrected chi connectivity index (χ4v) is 2.43. The van der Waals surface area contributed by atoms with Crippen molar-refractivity contribution in [1.29, 1.82) is 0 Å². The number of fused-ring (bicyclic) bond motifs is 1. The van der Waals surface area contributed by atoms with Crippen molar-refractivity contribution in [2.45, 2.75) is 12.1 Å². The summed E-state index contributed by atoms with van der Waals surface area (Å²) in [6.07, 6.45) is 1.67. The van der Waals surface area contributed by atoms with E-state index in [2.05, 4.69) is 4.98 Å². The Labute approximate surface area is 109 Å². The van der Waals surface area contributed by atoms with Crippen LogP contribution in [0.4, 0.5) is 0 Å². The van der Waals surface area contributed by atoms with E-state index in [1.807, 2.05) is 4.57 Å². The van der Waals surface area contributed by atoms with Gasteiger partial charge in [-0.15, -0.1) is 0 Å². The molecule has 0 unspecified atom stereocenters. The van der Waals surface area contributed by atoms with Gasteiger partial charge in [0.2, 0.25) is 0 Å². The lowest BCUT2D eigenvalue weighted by atomic mass is 10.1. The Balaban J connectivity index is 2.08. The lowest BCUT2D eigenvalue weighted by Crippen LogP contribution is -2.23. The first-order valence-corrected chi connectivity index (χ1v) is 6.01. The fourth-order valence-electron chi connectivity index (χ4n) is 2.43. The van der Waals surface area contributed by atoms with E-state index < -0.39 is 5.97 Å². The number of aromatic carboxylic acids is 1. The van der Waals surface area contributed by atoms with E-state index in [0.717, 1.165) is 11.0 Å². The number of carbonyl (C=O) groups is 1. The summed E-state index contributed by atoms with van der Waals surface area (Å²) < 4.78 is 12.7. The van der Waals surface area contributed by atoms with Gasteiger partial charge in [0.1, 0.15) is 6.10 Å². The number of ether oxygens (including phenoxy) is 2. The molecular weight excluding hydrogens is 248 g/mol. The molecule has 1 N–H and O–H groups in total. The topological polar surface area (TPSA) is 73.6 Å². The smallest absolute Gasteiger partial charge is 0.335 e. The second-order valence-electron chi connectivity index (χ2n) is 4.54. The third-order valence-electron chi connectivity index (χ3n) is 3.48. The summed E-state index contributed by atoms with van der Waals surface area (Å²) in [4.78, 5) is 15.3. The highest BCUT2D eigenvalue weighted by atomic mass is 16.5. The Kier molecular flexibility index (Phi) is 2.96. The molecule has 1 aromatic carbocycles. The molecule has 0 amide bonds. The number of rotatable bonds is 3. The van der Waals surface area contributed by atoms with Gasteiger partial charge in [0.05, 0.1) is 42.2 Å². The Morgan fingerprint density at radius 2 is 2.37 bits per heavy atom. The number of carboxylic acid groups (broad SMARTS) is 1. The molecular formula is C13H14N2O4. The third-order valence-corrected chi connectivity index (χ3v) is 3.48. The highest BCUT2D eigenvalue weighted by Crippen LogP contribution is 2.26. The van der Waals surface area contributed by atoms with E-state index in [1.54, 1.807) is 31.6 Å². The maximum Gasteiger partial charge on any atom is 0.335 e. The highest BCUT2D eigenvalue weighted by molar-refractivity contribution is 5.92. The van der Waals surface area contributed by atoms with E-state index in [4.69, 9.17) is 14.6 Å². The van der Waals surface area contributed by atoms with Gasteiger partial charge in [0.25, 0.3) is 0 Å². The molecule has 100 valence electrons. The standard InChI is InChI=1S/C13H14N2O4/c1-18-12-6-19-5-11(12)15-7-14-9-3-2-8(13(16)17)4-10(9)15/h2-4,7,11-12H,5-6H2,1H3,(H,16,17)/t11-,12+/m1/s1. The van der Waals surface area contributed by atoms with E-state index in [9.17, 15) is 4.79 Å². The van der Waals surface area contributed by atoms with Crippen LogP contribution in [0.15, 0.2) is 24.5 Å². The number of benzene rings is 1. The SMILES string of the molecule is CO[C@H]1COC[C@H]1n1cnc2ccc(C(=O)O)cc21. The molecule has 0 radical (unpaired) electrons. The Morgan fingerprint density at radius 3 is 3.11 bits per heavy atom. The van der Waals surface area contributed by atoms with Crippen LogP contribution in [0.1, 0.15) is 16.4 Å². The van der Waals surface area contributed by atoms with Crippen molar-refractivity contribution >= 4 is 17.0 Å². The van der Waals surface area contributed by atoms with Crippen LogP contribution >= 0.6 is 0 Å². The highest BCUT2D eigenvalue weighted by Gasteiger charge is 2.30. The maximum atomic E-state index is 11.0. The summed E-state index contributed by atoms with van der Waals surface area (Å²) in [6.45, 7) is 1.08. The molecule has 0 aliphatic carbocycles. The molecule has 19 heavy (non-hydrogen) atoms. The molecule has 0 saturated carbocycles. The Hall–Kier alpha value is -1.92. The van der Waals surface area contributed by atoms with Crippen LogP contribution in [-0.4, -0.2) is 47.1 Å². The van der Waals surface area contributed by atoms with Gasteiger partial charge >= 0.3 is 5.97 Å². The molecule has 3 rings (SSSR count). The number of aromatic nitrogens is 2. The van der Waals surface area contributed by atoms with Gasteiger partial charge in [-0.3, -0.25) is 0 Å². The van der Waals surface area contributed by atoms with Gasteiger partial charge in [-0.05, 0) is 18.2 Å². The summed E-state index contributed by atoms with van der Waals surface area (Å²) in [5, 5.41) is 9.06. The molecule has 0 spiro atoms. The van der Waals surface area contributed by atoms with Crippen LogP contribution < -0.4 is 0 Å². The molecule has 6 nitrogen and oxygen atoms in total. The predicted octanol–water partition coefficient (Wildman–Crippen LogP) is 1.32. The minimum atomic E-state index is -0.944. The van der Waals surface area contributed by atoms with Gasteiger partial charge in [0.15, 0.2) is 0 Å². The van der Waals surface area contributed by atoms with Crippen LogP contribution in [0.3, 0.4) is 0 Å². The fraction of sp³-hybridized carbons (Fsp3) is 0.385. The van der Waals surface area contributed by atoms with Crippen LogP contribution in [0.5, 0.6) is 0 Å². The maximum absolute atomic E-state index is 11.0. The van der Waals surface area contributed by atoms with Gasteiger partial charge in [-0.25, -0.2) is 9.78 Å². The molecule has 6 heteroatoms. The predicted molar refractivity (Wildman–Crippen MR) is 67.3 cm³/mol. The average molecular weight is 262 g/mol. The van der Waals surface area contributed by atoms with E-state index in [-0.39, 0.29) is 17.7 Å². The van der Waals surface area contributed by atoms with Crippen molar-refractivity contribution in [1.82, 2.24) is 9.55 Å². The largest absolute Gasteiger partial charge is 0.478 e. The Morgan fingerprint density at radius 1 is 1.53 bits per heavy atom. The second kappa shape index (κ2) is 4.64. The molecule has 1 aromatic heterocycles. The van der Waals surface area contributed by atoms with Gasteiger partial charge in [0, 0.05) is 7.11 Å². The van der Waals surface area contributed by atoms with Crippen LogP contribution in [0.2, 0.25) is 0 Å². The molecule has 1 fully saturated rings. The number of imidazole rings is 1. The molecule has 1 saturated heterocycles. The number of methoxy groups -OCH3 is 1. The number of carboxylic acids is 1. The van der Waals surface area contributed by atoms with Crippen molar-refractivity contribution in [2.75, 3.05) is 20.3 Å². The van der Waals surface area contributed by atoms with Crippen molar-refractivity contribution in [2.24, 2.45) is 0 Å². The number of hydrogen-bond donors (Lipinski definition) is 1. The second-order valence-corrected chi connectivity index (χ2v) is 4.54. The molecule has 0 bridgehead atoms. The summed E-state index contributed by atoms with van der Waals surface area (Å²) in [5.41, 5.74) is 1.81. The summed E-state index contributed by atoms with van der Waals surface area (Å²) in [5.74, 6) is -0.944. The summed E-state index contributed by atoms with van der Waals surface area (Å²) in [6, 6.07) is 4.93. The minimum Gasteiger partial charge on any atom is -0.478 e. The first-order valence-electron chi connectivity index (χ1n) is 6.01. The zero-order valence-electron chi connectivity index (χ0n) is 10.4.